The van der Waals surface area contributed by atoms with E-state index in [1.807, 2.05) is 12.1 Å². The van der Waals surface area contributed by atoms with Gasteiger partial charge in [0.05, 0.1) is 6.10 Å². The summed E-state index contributed by atoms with van der Waals surface area (Å²) in [5.74, 6) is 0. The van der Waals surface area contributed by atoms with Crippen molar-refractivity contribution in [1.29, 1.82) is 0 Å². The standard InChI is InChI=1S/C12H18O/c1-3-6-12(13)9-11-8-5-4-7-10(11)2/h4-5,7-8,12-13H,3,6,9H2,1-2H3. The Morgan fingerprint density at radius 2 is 2.00 bits per heavy atom. The van der Waals surface area contributed by atoms with Gasteiger partial charge in [-0.1, -0.05) is 37.6 Å². The lowest BCUT2D eigenvalue weighted by atomic mass is 10.0. The molecule has 0 spiro atoms. The number of aryl methyl sites for hydroxylation is 1. The molecule has 0 aromatic heterocycles. The molecule has 72 valence electrons. The number of benzene rings is 1. The molecule has 0 bridgehead atoms. The molecule has 0 aliphatic rings. The zero-order valence-electron chi connectivity index (χ0n) is 8.46. The maximum Gasteiger partial charge on any atom is 0.0580 e. The van der Waals surface area contributed by atoms with Crippen molar-refractivity contribution in [1.82, 2.24) is 0 Å². The first-order valence-corrected chi connectivity index (χ1v) is 4.96. The van der Waals surface area contributed by atoms with Crippen molar-refractivity contribution in [2.45, 2.75) is 39.2 Å². The van der Waals surface area contributed by atoms with Crippen molar-refractivity contribution in [3.8, 4) is 0 Å². The molecule has 1 nitrogen and oxygen atoms in total. The van der Waals surface area contributed by atoms with Crippen LogP contribution in [0.2, 0.25) is 0 Å². The van der Waals surface area contributed by atoms with Crippen LogP contribution in [0.15, 0.2) is 24.3 Å². The summed E-state index contributed by atoms with van der Waals surface area (Å²) < 4.78 is 0. The van der Waals surface area contributed by atoms with Crippen molar-refractivity contribution in [3.05, 3.63) is 35.4 Å². The molecule has 1 unspecified atom stereocenters. The summed E-state index contributed by atoms with van der Waals surface area (Å²) in [7, 11) is 0. The molecule has 1 aromatic carbocycles. The van der Waals surface area contributed by atoms with E-state index in [4.69, 9.17) is 0 Å². The van der Waals surface area contributed by atoms with Crippen LogP contribution in [0.25, 0.3) is 0 Å². The van der Waals surface area contributed by atoms with Gasteiger partial charge in [0, 0.05) is 0 Å². The van der Waals surface area contributed by atoms with Gasteiger partial charge < -0.3 is 5.11 Å². The minimum atomic E-state index is -0.175. The van der Waals surface area contributed by atoms with Gasteiger partial charge in [-0.3, -0.25) is 0 Å². The first-order valence-electron chi connectivity index (χ1n) is 4.96. The van der Waals surface area contributed by atoms with E-state index < -0.39 is 0 Å². The molecule has 1 rings (SSSR count). The first kappa shape index (κ1) is 10.3. The minimum absolute atomic E-state index is 0.175. The summed E-state index contributed by atoms with van der Waals surface area (Å²) in [5, 5.41) is 9.63. The Morgan fingerprint density at radius 1 is 1.31 bits per heavy atom. The van der Waals surface area contributed by atoms with Crippen molar-refractivity contribution in [3.63, 3.8) is 0 Å². The fourth-order valence-electron chi connectivity index (χ4n) is 1.53. The van der Waals surface area contributed by atoms with Crippen LogP contribution in [0, 0.1) is 6.92 Å². The SMILES string of the molecule is CCCC(O)Cc1ccccc1C. The molecule has 1 atom stereocenters. The molecule has 0 fully saturated rings. The summed E-state index contributed by atoms with van der Waals surface area (Å²) >= 11 is 0. The smallest absolute Gasteiger partial charge is 0.0580 e. The fraction of sp³-hybridized carbons (Fsp3) is 0.500. The Bertz CT molecular complexity index is 255. The Labute approximate surface area is 80.4 Å². The summed E-state index contributed by atoms with van der Waals surface area (Å²) in [6.07, 6.45) is 2.56. The number of hydrogen-bond donors (Lipinski definition) is 1. The summed E-state index contributed by atoms with van der Waals surface area (Å²) in [4.78, 5) is 0. The minimum Gasteiger partial charge on any atom is -0.393 e. The molecule has 0 aliphatic heterocycles. The van der Waals surface area contributed by atoms with Crippen molar-refractivity contribution >= 4 is 0 Å². The second-order valence-corrected chi connectivity index (χ2v) is 3.57. The topological polar surface area (TPSA) is 20.2 Å². The van der Waals surface area contributed by atoms with Crippen molar-refractivity contribution in [2.75, 3.05) is 0 Å². The predicted molar refractivity (Wildman–Crippen MR) is 55.8 cm³/mol. The second-order valence-electron chi connectivity index (χ2n) is 3.57. The number of aliphatic hydroxyl groups is 1. The third-order valence-electron chi connectivity index (χ3n) is 2.34. The van der Waals surface area contributed by atoms with Crippen LogP contribution in [0.5, 0.6) is 0 Å². The monoisotopic (exact) mass is 178 g/mol. The van der Waals surface area contributed by atoms with E-state index in [1.54, 1.807) is 0 Å². The highest BCUT2D eigenvalue weighted by atomic mass is 16.3. The zero-order valence-corrected chi connectivity index (χ0v) is 8.46. The molecule has 0 aliphatic carbocycles. The Hall–Kier alpha value is -0.820. The van der Waals surface area contributed by atoms with Gasteiger partial charge in [0.15, 0.2) is 0 Å². The lowest BCUT2D eigenvalue weighted by Crippen LogP contribution is -2.10. The lowest BCUT2D eigenvalue weighted by Gasteiger charge is -2.10. The number of rotatable bonds is 4. The lowest BCUT2D eigenvalue weighted by molar-refractivity contribution is 0.163. The molecule has 1 aromatic rings. The average Bonchev–Trinajstić information content (AvgIpc) is 2.09. The normalized spacial score (nSPS) is 12.8. The quantitative estimate of drug-likeness (QED) is 0.751. The fourth-order valence-corrected chi connectivity index (χ4v) is 1.53. The maximum absolute atomic E-state index is 9.63. The molecule has 13 heavy (non-hydrogen) atoms. The van der Waals surface area contributed by atoms with Crippen LogP contribution >= 0.6 is 0 Å². The molecule has 0 saturated carbocycles. The summed E-state index contributed by atoms with van der Waals surface area (Å²) in [6.45, 7) is 4.19. The predicted octanol–water partition coefficient (Wildman–Crippen LogP) is 2.70. The highest BCUT2D eigenvalue weighted by Gasteiger charge is 2.05. The van der Waals surface area contributed by atoms with E-state index in [0.29, 0.717) is 0 Å². The Kier molecular flexibility index (Phi) is 3.97. The van der Waals surface area contributed by atoms with Crippen LogP contribution in [-0.4, -0.2) is 11.2 Å². The molecule has 0 saturated heterocycles. The van der Waals surface area contributed by atoms with Gasteiger partial charge in [0.2, 0.25) is 0 Å². The van der Waals surface area contributed by atoms with Gasteiger partial charge in [-0.25, -0.2) is 0 Å². The second kappa shape index (κ2) is 5.03. The van der Waals surface area contributed by atoms with Gasteiger partial charge in [-0.05, 0) is 30.9 Å². The summed E-state index contributed by atoms with van der Waals surface area (Å²) in [6, 6.07) is 8.24. The molecule has 1 N–H and O–H groups in total. The van der Waals surface area contributed by atoms with Crippen LogP contribution in [0.4, 0.5) is 0 Å². The Balaban J connectivity index is 2.58. The Morgan fingerprint density at radius 3 is 2.62 bits per heavy atom. The van der Waals surface area contributed by atoms with Gasteiger partial charge in [0.1, 0.15) is 0 Å². The third kappa shape index (κ3) is 3.19. The van der Waals surface area contributed by atoms with Crippen molar-refractivity contribution in [2.24, 2.45) is 0 Å². The van der Waals surface area contributed by atoms with Crippen LogP contribution in [0.1, 0.15) is 30.9 Å². The highest BCUT2D eigenvalue weighted by Crippen LogP contribution is 2.11. The van der Waals surface area contributed by atoms with E-state index in [0.717, 1.165) is 19.3 Å². The highest BCUT2D eigenvalue weighted by molar-refractivity contribution is 5.25. The van der Waals surface area contributed by atoms with Gasteiger partial charge in [-0.15, -0.1) is 0 Å². The van der Waals surface area contributed by atoms with E-state index in [9.17, 15) is 5.11 Å². The molecule has 1 heteroatoms. The van der Waals surface area contributed by atoms with E-state index in [-0.39, 0.29) is 6.10 Å². The molecular formula is C12H18O. The van der Waals surface area contributed by atoms with Gasteiger partial charge in [0.25, 0.3) is 0 Å². The van der Waals surface area contributed by atoms with E-state index in [1.165, 1.54) is 11.1 Å². The van der Waals surface area contributed by atoms with Gasteiger partial charge in [-0.2, -0.15) is 0 Å². The number of aliphatic hydroxyl groups excluding tert-OH is 1. The van der Waals surface area contributed by atoms with Gasteiger partial charge >= 0.3 is 0 Å². The molecule has 0 radical (unpaired) electrons. The molecular weight excluding hydrogens is 160 g/mol. The van der Waals surface area contributed by atoms with Crippen LogP contribution in [-0.2, 0) is 6.42 Å². The molecule has 0 heterocycles. The molecule has 0 amide bonds. The third-order valence-corrected chi connectivity index (χ3v) is 2.34. The first-order chi connectivity index (χ1) is 6.24. The summed E-state index contributed by atoms with van der Waals surface area (Å²) in [5.41, 5.74) is 2.54. The van der Waals surface area contributed by atoms with Crippen LogP contribution < -0.4 is 0 Å². The van der Waals surface area contributed by atoms with Crippen LogP contribution in [0.3, 0.4) is 0 Å². The van der Waals surface area contributed by atoms with E-state index >= 15 is 0 Å². The largest absolute Gasteiger partial charge is 0.393 e. The average molecular weight is 178 g/mol. The zero-order chi connectivity index (χ0) is 9.68. The maximum atomic E-state index is 9.63. The number of hydrogen-bond acceptors (Lipinski definition) is 1. The van der Waals surface area contributed by atoms with Crippen molar-refractivity contribution < 1.29 is 5.11 Å². The van der Waals surface area contributed by atoms with E-state index in [2.05, 4.69) is 26.0 Å².